The molecule has 2 unspecified atom stereocenters. The van der Waals surface area contributed by atoms with Gasteiger partial charge in [-0.1, -0.05) is 19.1 Å². The highest BCUT2D eigenvalue weighted by atomic mass is 32.1. The maximum Gasteiger partial charge on any atom is 0.308 e. The number of thiazole rings is 1. The fourth-order valence-corrected chi connectivity index (χ4v) is 4.29. The predicted molar refractivity (Wildman–Crippen MR) is 92.4 cm³/mol. The normalized spacial score (nSPS) is 20.0. The first kappa shape index (κ1) is 17.5. The van der Waals surface area contributed by atoms with Crippen molar-refractivity contribution in [3.63, 3.8) is 0 Å². The summed E-state index contributed by atoms with van der Waals surface area (Å²) in [5.41, 5.74) is 1.35. The van der Waals surface area contributed by atoms with Crippen LogP contribution in [-0.2, 0) is 11.2 Å². The van der Waals surface area contributed by atoms with Gasteiger partial charge in [0.15, 0.2) is 0 Å². The molecule has 0 aliphatic carbocycles. The van der Waals surface area contributed by atoms with Gasteiger partial charge in [0, 0.05) is 19.0 Å². The zero-order chi connectivity index (χ0) is 18.1. The van der Waals surface area contributed by atoms with E-state index in [0.29, 0.717) is 16.9 Å². The highest BCUT2D eigenvalue weighted by Crippen LogP contribution is 2.35. The molecule has 25 heavy (non-hydrogen) atoms. The third-order valence-electron chi connectivity index (χ3n) is 4.53. The first-order valence-electron chi connectivity index (χ1n) is 8.14. The summed E-state index contributed by atoms with van der Waals surface area (Å²) in [7, 11) is 0. The molecular weight excluding hydrogens is 343 g/mol. The zero-order valence-corrected chi connectivity index (χ0v) is 14.8. The summed E-state index contributed by atoms with van der Waals surface area (Å²) in [6.45, 7) is 4.17. The summed E-state index contributed by atoms with van der Waals surface area (Å²) in [4.78, 5) is 31.0. The molecule has 3 rings (SSSR count). The minimum atomic E-state index is -0.972. The van der Waals surface area contributed by atoms with Gasteiger partial charge in [0.2, 0.25) is 0 Å². The van der Waals surface area contributed by atoms with E-state index in [-0.39, 0.29) is 19.0 Å². The number of hydrogen-bond acceptors (Lipinski definition) is 4. The Hall–Kier alpha value is -2.28. The van der Waals surface area contributed by atoms with E-state index in [1.54, 1.807) is 17.0 Å². The van der Waals surface area contributed by atoms with Gasteiger partial charge in [-0.15, -0.1) is 11.3 Å². The highest BCUT2D eigenvalue weighted by molar-refractivity contribution is 7.13. The molecule has 5 nitrogen and oxygen atoms in total. The Morgan fingerprint density at radius 3 is 2.80 bits per heavy atom. The molecule has 2 aromatic rings. The van der Waals surface area contributed by atoms with Gasteiger partial charge >= 0.3 is 5.97 Å². The van der Waals surface area contributed by atoms with E-state index in [0.717, 1.165) is 10.7 Å². The van der Waals surface area contributed by atoms with E-state index in [9.17, 15) is 19.1 Å². The lowest BCUT2D eigenvalue weighted by atomic mass is 9.89. The fourth-order valence-electron chi connectivity index (χ4n) is 3.32. The number of carbonyl (C=O) groups excluding carboxylic acids is 1. The maximum absolute atomic E-state index is 13.5. The Morgan fingerprint density at radius 1 is 1.40 bits per heavy atom. The SMILES string of the molecule is CCc1nc(C)sc1C(=O)N1CC(C(=O)O)C(c2cccc(F)c2)C1. The highest BCUT2D eigenvalue weighted by Gasteiger charge is 2.41. The topological polar surface area (TPSA) is 70.5 Å². The molecule has 0 radical (unpaired) electrons. The number of aromatic nitrogens is 1. The quantitative estimate of drug-likeness (QED) is 0.907. The molecule has 1 fully saturated rings. The summed E-state index contributed by atoms with van der Waals surface area (Å²) < 4.78 is 13.5. The first-order chi connectivity index (χ1) is 11.9. The van der Waals surface area contributed by atoms with Crippen LogP contribution in [0.15, 0.2) is 24.3 Å². The predicted octanol–water partition coefficient (Wildman–Crippen LogP) is 3.09. The van der Waals surface area contributed by atoms with E-state index >= 15 is 0 Å². The van der Waals surface area contributed by atoms with Crippen LogP contribution in [0.1, 0.15) is 38.8 Å². The minimum absolute atomic E-state index is 0.120. The molecule has 2 heterocycles. The molecule has 0 bridgehead atoms. The van der Waals surface area contributed by atoms with Crippen LogP contribution in [0.2, 0.25) is 0 Å². The molecule has 2 atom stereocenters. The van der Waals surface area contributed by atoms with Crippen LogP contribution in [0.3, 0.4) is 0 Å². The van der Waals surface area contributed by atoms with E-state index in [2.05, 4.69) is 4.98 Å². The largest absolute Gasteiger partial charge is 0.481 e. The molecule has 0 saturated carbocycles. The Kier molecular flexibility index (Phi) is 4.85. The van der Waals surface area contributed by atoms with E-state index in [1.165, 1.54) is 23.5 Å². The molecule has 1 aliphatic rings. The Morgan fingerprint density at radius 2 is 2.16 bits per heavy atom. The number of carboxylic acids is 1. The van der Waals surface area contributed by atoms with Gasteiger partial charge in [-0.05, 0) is 31.0 Å². The molecule has 1 N–H and O–H groups in total. The molecule has 1 amide bonds. The summed E-state index contributed by atoms with van der Waals surface area (Å²) in [6, 6.07) is 5.95. The van der Waals surface area contributed by atoms with E-state index < -0.39 is 23.6 Å². The molecule has 1 aliphatic heterocycles. The first-order valence-corrected chi connectivity index (χ1v) is 8.96. The zero-order valence-electron chi connectivity index (χ0n) is 14.0. The average molecular weight is 362 g/mol. The molecular formula is C18H19FN2O3S. The van der Waals surface area contributed by atoms with Crippen molar-refractivity contribution in [1.29, 1.82) is 0 Å². The summed E-state index contributed by atoms with van der Waals surface area (Å²) in [6.07, 6.45) is 0.648. The molecule has 0 spiro atoms. The summed E-state index contributed by atoms with van der Waals surface area (Å²) in [5.74, 6) is -2.73. The Bertz CT molecular complexity index is 820. The van der Waals surface area contributed by atoms with Gasteiger partial charge in [0.1, 0.15) is 10.7 Å². The number of halogens is 1. The van der Waals surface area contributed by atoms with Crippen molar-refractivity contribution in [1.82, 2.24) is 9.88 Å². The fraction of sp³-hybridized carbons (Fsp3) is 0.389. The number of likely N-dealkylation sites (tertiary alicyclic amines) is 1. The summed E-state index contributed by atoms with van der Waals surface area (Å²) >= 11 is 1.33. The molecule has 132 valence electrons. The molecule has 1 aromatic carbocycles. The van der Waals surface area contributed by atoms with Crippen molar-refractivity contribution in [3.05, 3.63) is 51.2 Å². The van der Waals surface area contributed by atoms with Gasteiger partial charge in [-0.2, -0.15) is 0 Å². The number of amides is 1. The second kappa shape index (κ2) is 6.92. The molecule has 1 saturated heterocycles. The second-order valence-electron chi connectivity index (χ2n) is 6.18. The van der Waals surface area contributed by atoms with Crippen molar-refractivity contribution in [2.24, 2.45) is 5.92 Å². The van der Waals surface area contributed by atoms with Crippen molar-refractivity contribution < 1.29 is 19.1 Å². The number of aliphatic carboxylic acids is 1. The van der Waals surface area contributed by atoms with Gasteiger partial charge in [0.05, 0.1) is 16.6 Å². The number of aryl methyl sites for hydroxylation is 2. The smallest absolute Gasteiger partial charge is 0.308 e. The van der Waals surface area contributed by atoms with Crippen molar-refractivity contribution in [3.8, 4) is 0 Å². The molecule has 1 aromatic heterocycles. The number of nitrogens with zero attached hydrogens (tertiary/aromatic N) is 2. The van der Waals surface area contributed by atoms with Crippen molar-refractivity contribution >= 4 is 23.2 Å². The third-order valence-corrected chi connectivity index (χ3v) is 5.54. The van der Waals surface area contributed by atoms with Crippen LogP contribution in [0.25, 0.3) is 0 Å². The van der Waals surface area contributed by atoms with Crippen LogP contribution >= 0.6 is 11.3 Å². The van der Waals surface area contributed by atoms with Gasteiger partial charge in [-0.25, -0.2) is 9.37 Å². The minimum Gasteiger partial charge on any atom is -0.481 e. The Labute approximate surface area is 149 Å². The van der Waals surface area contributed by atoms with E-state index in [4.69, 9.17) is 0 Å². The van der Waals surface area contributed by atoms with Gasteiger partial charge < -0.3 is 10.0 Å². The van der Waals surface area contributed by atoms with Crippen molar-refractivity contribution in [2.45, 2.75) is 26.2 Å². The van der Waals surface area contributed by atoms with Crippen LogP contribution in [0.5, 0.6) is 0 Å². The van der Waals surface area contributed by atoms with Crippen LogP contribution in [0, 0.1) is 18.7 Å². The molecule has 7 heteroatoms. The lowest BCUT2D eigenvalue weighted by Gasteiger charge is -2.16. The lowest BCUT2D eigenvalue weighted by molar-refractivity contribution is -0.141. The number of hydrogen-bond donors (Lipinski definition) is 1. The summed E-state index contributed by atoms with van der Waals surface area (Å²) in [5, 5.41) is 10.4. The number of rotatable bonds is 4. The second-order valence-corrected chi connectivity index (χ2v) is 7.38. The van der Waals surface area contributed by atoms with Gasteiger partial charge in [-0.3, -0.25) is 9.59 Å². The maximum atomic E-state index is 13.5. The lowest BCUT2D eigenvalue weighted by Crippen LogP contribution is -2.30. The van der Waals surface area contributed by atoms with Crippen LogP contribution in [0.4, 0.5) is 4.39 Å². The van der Waals surface area contributed by atoms with Crippen LogP contribution in [-0.4, -0.2) is 40.0 Å². The number of benzene rings is 1. The van der Waals surface area contributed by atoms with Crippen LogP contribution < -0.4 is 0 Å². The van der Waals surface area contributed by atoms with Crippen molar-refractivity contribution in [2.75, 3.05) is 13.1 Å². The number of carboxylic acid groups (broad SMARTS) is 1. The standard InChI is InChI=1S/C18H19FN2O3S/c1-3-15-16(25-10(2)20-15)17(22)21-8-13(14(9-21)18(23)24)11-5-4-6-12(19)7-11/h4-7,13-14H,3,8-9H2,1-2H3,(H,23,24). The monoisotopic (exact) mass is 362 g/mol. The number of carbonyl (C=O) groups is 2. The van der Waals surface area contributed by atoms with Gasteiger partial charge in [0.25, 0.3) is 5.91 Å². The van der Waals surface area contributed by atoms with E-state index in [1.807, 2.05) is 13.8 Å². The third kappa shape index (κ3) is 3.42. The Balaban J connectivity index is 1.89. The average Bonchev–Trinajstić information content (AvgIpc) is 3.18.